The van der Waals surface area contributed by atoms with Gasteiger partial charge < -0.3 is 15.5 Å². The van der Waals surface area contributed by atoms with Crippen molar-refractivity contribution < 1.29 is 19.4 Å². The van der Waals surface area contributed by atoms with Crippen molar-refractivity contribution >= 4 is 5.91 Å². The number of carbonyl (C=O) groups excluding carboxylic acids is 1. The predicted molar refractivity (Wildman–Crippen MR) is 85.6 cm³/mol. The average molecular weight is 324 g/mol. The second kappa shape index (κ2) is 7.86. The first-order chi connectivity index (χ1) is 11.0. The second-order valence-corrected chi connectivity index (χ2v) is 6.01. The molecule has 23 heavy (non-hydrogen) atoms. The third-order valence-electron chi connectivity index (χ3n) is 4.59. The Morgan fingerprint density at radius 1 is 1.35 bits per heavy atom. The highest BCUT2D eigenvalue weighted by atomic mass is 19.1. The van der Waals surface area contributed by atoms with Gasteiger partial charge in [-0.15, -0.1) is 0 Å². The van der Waals surface area contributed by atoms with Gasteiger partial charge in [0.1, 0.15) is 12.8 Å². The van der Waals surface area contributed by atoms with Crippen molar-refractivity contribution in [2.75, 3.05) is 13.2 Å². The number of amides is 1. The lowest BCUT2D eigenvalue weighted by Gasteiger charge is -2.47. The molecule has 5 atom stereocenters. The van der Waals surface area contributed by atoms with Gasteiger partial charge in [0.25, 0.3) is 0 Å². The van der Waals surface area contributed by atoms with Crippen LogP contribution < -0.4 is 5.32 Å². The number of likely N-dealkylation sites (tertiary alicyclic amines) is 1. The first-order valence-electron chi connectivity index (χ1n) is 8.01. The zero-order chi connectivity index (χ0) is 17.0. The van der Waals surface area contributed by atoms with Crippen LogP contribution in [0.3, 0.4) is 0 Å². The van der Waals surface area contributed by atoms with E-state index in [1.54, 1.807) is 6.92 Å². The number of nitrogens with one attached hydrogen (secondary N) is 1. The van der Waals surface area contributed by atoms with Gasteiger partial charge in [-0.3, -0.25) is 9.69 Å². The van der Waals surface area contributed by atoms with E-state index in [1.165, 1.54) is 0 Å². The molecule has 3 N–H and O–H groups in total. The lowest BCUT2D eigenvalue weighted by molar-refractivity contribution is -0.131. The summed E-state index contributed by atoms with van der Waals surface area (Å²) < 4.78 is 13.5. The largest absolute Gasteiger partial charge is 0.389 e. The quantitative estimate of drug-likeness (QED) is 0.756. The van der Waals surface area contributed by atoms with Gasteiger partial charge in [0.15, 0.2) is 0 Å². The van der Waals surface area contributed by atoms with Gasteiger partial charge in [-0.1, -0.05) is 37.3 Å². The average Bonchev–Trinajstić information content (AvgIpc) is 2.58. The molecule has 0 radical (unpaired) electrons. The van der Waals surface area contributed by atoms with E-state index >= 15 is 0 Å². The van der Waals surface area contributed by atoms with Crippen LogP contribution in [-0.2, 0) is 4.79 Å². The molecule has 0 aromatic heterocycles. The van der Waals surface area contributed by atoms with Crippen LogP contribution in [0.4, 0.5) is 4.39 Å². The fourth-order valence-electron chi connectivity index (χ4n) is 3.12. The smallest absolute Gasteiger partial charge is 0.220 e. The molecule has 1 unspecified atom stereocenters. The number of benzene rings is 1. The van der Waals surface area contributed by atoms with E-state index in [9.17, 15) is 19.4 Å². The number of rotatable bonds is 5. The molecule has 128 valence electrons. The third kappa shape index (κ3) is 3.88. The molecule has 0 bridgehead atoms. The Morgan fingerprint density at radius 3 is 2.57 bits per heavy atom. The minimum atomic E-state index is -1.25. The van der Waals surface area contributed by atoms with Crippen LogP contribution in [-0.4, -0.2) is 58.5 Å². The van der Waals surface area contributed by atoms with Gasteiger partial charge in [-0.25, -0.2) is 4.39 Å². The monoisotopic (exact) mass is 324 g/mol. The Bertz CT molecular complexity index is 514. The Hall–Kier alpha value is -1.50. The lowest BCUT2D eigenvalue weighted by atomic mass is 9.90. The molecule has 1 fully saturated rings. The normalized spacial score (nSPS) is 30.0. The summed E-state index contributed by atoms with van der Waals surface area (Å²) in [5.74, 6) is -0.202. The zero-order valence-electron chi connectivity index (χ0n) is 13.5. The SMILES string of the molecule is CCC(=O)N[C@H]1CN(C(C)c2ccccc2)[C@H](CF)[C@@H](O)[C@@H]1O. The van der Waals surface area contributed by atoms with Crippen molar-refractivity contribution in [3.63, 3.8) is 0 Å². The highest BCUT2D eigenvalue weighted by Crippen LogP contribution is 2.29. The number of hydrogen-bond donors (Lipinski definition) is 3. The topological polar surface area (TPSA) is 72.8 Å². The Kier molecular flexibility index (Phi) is 6.10. The molecular formula is C17H25FN2O3. The zero-order valence-corrected chi connectivity index (χ0v) is 13.5. The number of halogens is 1. The maximum absolute atomic E-state index is 13.5. The van der Waals surface area contributed by atoms with Crippen LogP contribution in [0, 0.1) is 0 Å². The van der Waals surface area contributed by atoms with E-state index in [0.29, 0.717) is 6.42 Å². The number of aliphatic hydroxyl groups excluding tert-OH is 2. The molecule has 1 heterocycles. The number of carbonyl (C=O) groups is 1. The number of piperidine rings is 1. The van der Waals surface area contributed by atoms with Gasteiger partial charge in [0.2, 0.25) is 5.91 Å². The molecule has 1 aromatic rings. The molecule has 0 spiro atoms. The summed E-state index contributed by atoms with van der Waals surface area (Å²) in [7, 11) is 0. The summed E-state index contributed by atoms with van der Waals surface area (Å²) in [5.41, 5.74) is 0.995. The van der Waals surface area contributed by atoms with Crippen LogP contribution in [0.1, 0.15) is 31.9 Å². The van der Waals surface area contributed by atoms with Crippen molar-refractivity contribution in [1.82, 2.24) is 10.2 Å². The van der Waals surface area contributed by atoms with Crippen molar-refractivity contribution in [3.8, 4) is 0 Å². The molecule has 1 aliphatic heterocycles. The molecule has 6 heteroatoms. The molecule has 0 saturated carbocycles. The Balaban J connectivity index is 2.22. The van der Waals surface area contributed by atoms with Crippen LogP contribution in [0.5, 0.6) is 0 Å². The second-order valence-electron chi connectivity index (χ2n) is 6.01. The minimum Gasteiger partial charge on any atom is -0.389 e. The minimum absolute atomic E-state index is 0.139. The molecule has 5 nitrogen and oxygen atoms in total. The highest BCUT2D eigenvalue weighted by molar-refractivity contribution is 5.76. The van der Waals surface area contributed by atoms with Gasteiger partial charge in [-0.05, 0) is 12.5 Å². The maximum Gasteiger partial charge on any atom is 0.220 e. The Labute approximate surface area is 136 Å². The summed E-state index contributed by atoms with van der Waals surface area (Å²) in [4.78, 5) is 13.4. The summed E-state index contributed by atoms with van der Waals surface area (Å²) in [6.07, 6.45) is -2.13. The van der Waals surface area contributed by atoms with E-state index in [4.69, 9.17) is 0 Å². The molecule has 0 aliphatic carbocycles. The van der Waals surface area contributed by atoms with E-state index in [0.717, 1.165) is 5.56 Å². The van der Waals surface area contributed by atoms with Crippen molar-refractivity contribution in [3.05, 3.63) is 35.9 Å². The van der Waals surface area contributed by atoms with Gasteiger partial charge >= 0.3 is 0 Å². The van der Waals surface area contributed by atoms with Gasteiger partial charge in [0, 0.05) is 19.0 Å². The van der Waals surface area contributed by atoms with Gasteiger partial charge in [-0.2, -0.15) is 0 Å². The summed E-state index contributed by atoms with van der Waals surface area (Å²) in [6.45, 7) is 3.18. The van der Waals surface area contributed by atoms with Crippen LogP contribution in [0.2, 0.25) is 0 Å². The van der Waals surface area contributed by atoms with Crippen LogP contribution >= 0.6 is 0 Å². The van der Waals surface area contributed by atoms with Crippen LogP contribution in [0.15, 0.2) is 30.3 Å². The first-order valence-corrected chi connectivity index (χ1v) is 8.01. The van der Waals surface area contributed by atoms with Gasteiger partial charge in [0.05, 0.1) is 18.2 Å². The maximum atomic E-state index is 13.5. The number of nitrogens with zero attached hydrogens (tertiary/aromatic N) is 1. The van der Waals surface area contributed by atoms with E-state index in [2.05, 4.69) is 5.32 Å². The summed E-state index contributed by atoms with van der Waals surface area (Å²) in [5, 5.41) is 23.2. The summed E-state index contributed by atoms with van der Waals surface area (Å²) in [6, 6.07) is 8.04. The fourth-order valence-corrected chi connectivity index (χ4v) is 3.12. The fraction of sp³-hybridized carbons (Fsp3) is 0.588. The molecule has 1 amide bonds. The first kappa shape index (κ1) is 17.8. The van der Waals surface area contributed by atoms with E-state index < -0.39 is 31.0 Å². The number of alkyl halides is 1. The molecular weight excluding hydrogens is 299 g/mol. The molecule has 1 saturated heterocycles. The summed E-state index contributed by atoms with van der Waals surface area (Å²) >= 11 is 0. The lowest BCUT2D eigenvalue weighted by Crippen LogP contribution is -2.66. The van der Waals surface area contributed by atoms with Crippen molar-refractivity contribution in [1.29, 1.82) is 0 Å². The Morgan fingerprint density at radius 2 is 2.00 bits per heavy atom. The van der Waals surface area contributed by atoms with E-state index in [1.807, 2.05) is 42.2 Å². The molecule has 2 rings (SSSR count). The highest BCUT2D eigenvalue weighted by Gasteiger charge is 2.44. The van der Waals surface area contributed by atoms with Crippen molar-refractivity contribution in [2.24, 2.45) is 0 Å². The van der Waals surface area contributed by atoms with Crippen LogP contribution in [0.25, 0.3) is 0 Å². The van der Waals surface area contributed by atoms with E-state index in [-0.39, 0.29) is 18.5 Å². The molecule has 1 aromatic carbocycles. The van der Waals surface area contributed by atoms with Crippen molar-refractivity contribution in [2.45, 2.75) is 50.6 Å². The standard InChI is InChI=1S/C17H25FN2O3/c1-3-15(21)19-13-10-20(14(9-18)17(23)16(13)22)11(2)12-7-5-4-6-8-12/h4-8,11,13-14,16-17,22-23H,3,9-10H2,1-2H3,(H,19,21)/t11?,13-,14+,16+,17+/m0/s1. The third-order valence-corrected chi connectivity index (χ3v) is 4.59. The number of hydrogen-bond acceptors (Lipinski definition) is 4. The number of aliphatic hydroxyl groups is 2. The predicted octanol–water partition coefficient (Wildman–Crippen LogP) is 1.02. The molecule has 1 aliphatic rings.